The van der Waals surface area contributed by atoms with Gasteiger partial charge in [-0.3, -0.25) is 0 Å². The molecule has 1 nitrogen and oxygen atoms in total. The number of hydrogen-bond acceptors (Lipinski definition) is 1. The second-order valence-corrected chi connectivity index (χ2v) is 4.26. The fraction of sp³-hybridized carbons (Fsp3) is 0.200. The van der Waals surface area contributed by atoms with Crippen molar-refractivity contribution >= 4 is 12.4 Å². The molecule has 0 heterocycles. The molecule has 0 saturated carbocycles. The Balaban J connectivity index is 0.00000144. The summed E-state index contributed by atoms with van der Waals surface area (Å²) in [7, 11) is 4.20. The highest BCUT2D eigenvalue weighted by Gasteiger charge is 2.04. The molecule has 17 heavy (non-hydrogen) atoms. The van der Waals surface area contributed by atoms with Gasteiger partial charge in [0.05, 0.1) is 0 Å². The fourth-order valence-electron chi connectivity index (χ4n) is 1.90. The lowest BCUT2D eigenvalue weighted by Crippen LogP contribution is -2.11. The minimum absolute atomic E-state index is 0. The summed E-state index contributed by atoms with van der Waals surface area (Å²) < 4.78 is 0. The Labute approximate surface area is 109 Å². The molecule has 0 N–H and O–H groups in total. The Kier molecular flexibility index (Phi) is 5.20. The summed E-state index contributed by atoms with van der Waals surface area (Å²) >= 11 is 0. The number of benzene rings is 2. The van der Waals surface area contributed by atoms with Crippen LogP contribution < -0.4 is 0 Å². The van der Waals surface area contributed by atoms with Crippen LogP contribution >= 0.6 is 12.4 Å². The van der Waals surface area contributed by atoms with Crippen LogP contribution in [0, 0.1) is 0 Å². The molecular formula is C15H18ClN. The Hall–Kier alpha value is -1.31. The van der Waals surface area contributed by atoms with Gasteiger partial charge in [0.15, 0.2) is 0 Å². The lowest BCUT2D eigenvalue weighted by atomic mass is 9.99. The SMILES string of the molecule is CN(C)Cc1ccccc1-c1ccccc1.Cl. The monoisotopic (exact) mass is 247 g/mol. The maximum atomic E-state index is 2.20. The van der Waals surface area contributed by atoms with Gasteiger partial charge in [-0.15, -0.1) is 12.4 Å². The van der Waals surface area contributed by atoms with Crippen molar-refractivity contribution < 1.29 is 0 Å². The average molecular weight is 248 g/mol. The van der Waals surface area contributed by atoms with E-state index in [9.17, 15) is 0 Å². The summed E-state index contributed by atoms with van der Waals surface area (Å²) in [5.41, 5.74) is 4.00. The molecular weight excluding hydrogens is 230 g/mol. The first-order chi connectivity index (χ1) is 7.77. The molecule has 0 aliphatic carbocycles. The predicted octanol–water partition coefficient (Wildman–Crippen LogP) is 3.84. The highest BCUT2D eigenvalue weighted by Crippen LogP contribution is 2.23. The zero-order valence-electron chi connectivity index (χ0n) is 10.3. The molecule has 0 aromatic heterocycles. The molecule has 2 heteroatoms. The van der Waals surface area contributed by atoms with Crippen molar-refractivity contribution in [3.63, 3.8) is 0 Å². The Morgan fingerprint density at radius 2 is 1.41 bits per heavy atom. The van der Waals surface area contributed by atoms with E-state index >= 15 is 0 Å². The Morgan fingerprint density at radius 3 is 2.06 bits per heavy atom. The van der Waals surface area contributed by atoms with E-state index in [1.807, 2.05) is 0 Å². The van der Waals surface area contributed by atoms with Gasteiger partial charge < -0.3 is 4.90 Å². The minimum atomic E-state index is 0. The number of nitrogens with zero attached hydrogens (tertiary/aromatic N) is 1. The molecule has 2 aromatic rings. The second-order valence-electron chi connectivity index (χ2n) is 4.26. The van der Waals surface area contributed by atoms with Gasteiger partial charge in [-0.05, 0) is 30.8 Å². The van der Waals surface area contributed by atoms with Gasteiger partial charge in [-0.2, -0.15) is 0 Å². The molecule has 0 fully saturated rings. The molecule has 0 aliphatic heterocycles. The molecule has 2 aromatic carbocycles. The molecule has 0 bridgehead atoms. The third kappa shape index (κ3) is 3.58. The van der Waals surface area contributed by atoms with E-state index in [0.29, 0.717) is 0 Å². The smallest absolute Gasteiger partial charge is 0.0233 e. The lowest BCUT2D eigenvalue weighted by Gasteiger charge is -2.14. The third-order valence-corrected chi connectivity index (χ3v) is 2.59. The lowest BCUT2D eigenvalue weighted by molar-refractivity contribution is 0.403. The molecule has 0 unspecified atom stereocenters. The van der Waals surface area contributed by atoms with Gasteiger partial charge in [0.2, 0.25) is 0 Å². The van der Waals surface area contributed by atoms with Crippen LogP contribution in [0.3, 0.4) is 0 Å². The zero-order chi connectivity index (χ0) is 11.4. The van der Waals surface area contributed by atoms with Crippen LogP contribution in [0.5, 0.6) is 0 Å². The van der Waals surface area contributed by atoms with E-state index in [2.05, 4.69) is 73.6 Å². The largest absolute Gasteiger partial charge is 0.305 e. The maximum Gasteiger partial charge on any atom is 0.0233 e. The number of hydrogen-bond donors (Lipinski definition) is 0. The van der Waals surface area contributed by atoms with E-state index in [1.165, 1.54) is 16.7 Å². The van der Waals surface area contributed by atoms with Gasteiger partial charge in [0, 0.05) is 6.54 Å². The van der Waals surface area contributed by atoms with Crippen molar-refractivity contribution in [3.05, 3.63) is 60.2 Å². The van der Waals surface area contributed by atoms with E-state index < -0.39 is 0 Å². The number of halogens is 1. The summed E-state index contributed by atoms with van der Waals surface area (Å²) in [6.07, 6.45) is 0. The van der Waals surface area contributed by atoms with E-state index in [-0.39, 0.29) is 12.4 Å². The number of rotatable bonds is 3. The van der Waals surface area contributed by atoms with Crippen molar-refractivity contribution in [2.45, 2.75) is 6.54 Å². The van der Waals surface area contributed by atoms with Gasteiger partial charge in [-0.1, -0.05) is 54.6 Å². The molecule has 90 valence electrons. The molecule has 0 atom stereocenters. The van der Waals surface area contributed by atoms with Crippen molar-refractivity contribution in [1.29, 1.82) is 0 Å². The third-order valence-electron chi connectivity index (χ3n) is 2.59. The molecule has 2 rings (SSSR count). The first kappa shape index (κ1) is 13.8. The highest BCUT2D eigenvalue weighted by atomic mass is 35.5. The van der Waals surface area contributed by atoms with Crippen LogP contribution in [0.1, 0.15) is 5.56 Å². The maximum absolute atomic E-state index is 2.20. The second kappa shape index (κ2) is 6.43. The van der Waals surface area contributed by atoms with Crippen LogP contribution in [-0.4, -0.2) is 19.0 Å². The van der Waals surface area contributed by atoms with E-state index in [1.54, 1.807) is 0 Å². The van der Waals surface area contributed by atoms with E-state index in [0.717, 1.165) is 6.54 Å². The molecule has 0 spiro atoms. The van der Waals surface area contributed by atoms with Crippen molar-refractivity contribution in [3.8, 4) is 11.1 Å². The quantitative estimate of drug-likeness (QED) is 0.797. The summed E-state index contributed by atoms with van der Waals surface area (Å²) in [6.45, 7) is 0.977. The van der Waals surface area contributed by atoms with Crippen LogP contribution in [0.15, 0.2) is 54.6 Å². The Bertz CT molecular complexity index is 451. The Morgan fingerprint density at radius 1 is 0.824 bits per heavy atom. The fourth-order valence-corrected chi connectivity index (χ4v) is 1.90. The van der Waals surface area contributed by atoms with Crippen molar-refractivity contribution in [2.75, 3.05) is 14.1 Å². The first-order valence-electron chi connectivity index (χ1n) is 5.55. The summed E-state index contributed by atoms with van der Waals surface area (Å²) in [5, 5.41) is 0. The van der Waals surface area contributed by atoms with E-state index in [4.69, 9.17) is 0 Å². The van der Waals surface area contributed by atoms with Gasteiger partial charge in [-0.25, -0.2) is 0 Å². The van der Waals surface area contributed by atoms with Crippen molar-refractivity contribution in [2.24, 2.45) is 0 Å². The summed E-state index contributed by atoms with van der Waals surface area (Å²) in [4.78, 5) is 2.20. The predicted molar refractivity (Wildman–Crippen MR) is 76.5 cm³/mol. The topological polar surface area (TPSA) is 3.24 Å². The van der Waals surface area contributed by atoms with Crippen LogP contribution in [0.25, 0.3) is 11.1 Å². The van der Waals surface area contributed by atoms with Gasteiger partial charge in [0.1, 0.15) is 0 Å². The molecule has 0 amide bonds. The van der Waals surface area contributed by atoms with Gasteiger partial charge in [0.25, 0.3) is 0 Å². The molecule has 0 aliphatic rings. The van der Waals surface area contributed by atoms with Gasteiger partial charge >= 0.3 is 0 Å². The van der Waals surface area contributed by atoms with Crippen LogP contribution in [0.4, 0.5) is 0 Å². The first-order valence-corrected chi connectivity index (χ1v) is 5.55. The van der Waals surface area contributed by atoms with Crippen molar-refractivity contribution in [1.82, 2.24) is 4.90 Å². The molecule has 0 radical (unpaired) electrons. The van der Waals surface area contributed by atoms with Crippen LogP contribution in [-0.2, 0) is 6.54 Å². The minimum Gasteiger partial charge on any atom is -0.305 e. The molecule has 0 saturated heterocycles. The standard InChI is InChI=1S/C15H17N.ClH/c1-16(2)12-14-10-6-7-11-15(14)13-8-4-3-5-9-13;/h3-11H,12H2,1-2H3;1H. The average Bonchev–Trinajstić information content (AvgIpc) is 2.30. The normalized spacial score (nSPS) is 10.1. The van der Waals surface area contributed by atoms with Crippen LogP contribution in [0.2, 0.25) is 0 Å². The zero-order valence-corrected chi connectivity index (χ0v) is 11.1. The summed E-state index contributed by atoms with van der Waals surface area (Å²) in [5.74, 6) is 0. The highest BCUT2D eigenvalue weighted by molar-refractivity contribution is 5.85. The summed E-state index contributed by atoms with van der Waals surface area (Å²) in [6, 6.07) is 19.1.